The zero-order valence-electron chi connectivity index (χ0n) is 14.4. The Morgan fingerprint density at radius 3 is 2.54 bits per heavy atom. The Balaban J connectivity index is 1.54. The number of ketones is 1. The zero-order valence-corrected chi connectivity index (χ0v) is 14.4. The van der Waals surface area contributed by atoms with E-state index in [9.17, 15) is 4.79 Å². The molecule has 3 aromatic rings. The molecule has 0 aromatic heterocycles. The van der Waals surface area contributed by atoms with Crippen molar-refractivity contribution in [1.82, 2.24) is 0 Å². The fraction of sp³-hybridized carbons (Fsp3) is 0.0870. The molecule has 1 aliphatic heterocycles. The number of ether oxygens (including phenoxy) is 2. The maximum Gasteiger partial charge on any atom is 0.231 e. The Labute approximate surface area is 152 Å². The first-order valence-electron chi connectivity index (χ1n) is 8.51. The summed E-state index contributed by atoms with van der Waals surface area (Å²) >= 11 is 0. The van der Waals surface area contributed by atoms with Gasteiger partial charge in [0.25, 0.3) is 0 Å². The van der Waals surface area contributed by atoms with Crippen LogP contribution in [0.25, 0.3) is 6.08 Å². The van der Waals surface area contributed by atoms with E-state index in [4.69, 9.17) is 9.47 Å². The lowest BCUT2D eigenvalue weighted by molar-refractivity contribution is 0.101. The Kier molecular flexibility index (Phi) is 4.28. The number of fused-ring (bicyclic) bond motifs is 1. The fourth-order valence-corrected chi connectivity index (χ4v) is 2.89. The molecule has 128 valence electrons. The van der Waals surface area contributed by atoms with Crippen LogP contribution in [0.4, 0.5) is 0 Å². The van der Waals surface area contributed by atoms with E-state index in [1.165, 1.54) is 0 Å². The van der Waals surface area contributed by atoms with E-state index < -0.39 is 0 Å². The number of carbonyl (C=O) groups is 1. The maximum atomic E-state index is 12.6. The summed E-state index contributed by atoms with van der Waals surface area (Å²) in [5.74, 6) is 1.46. The highest BCUT2D eigenvalue weighted by atomic mass is 16.5. The molecule has 1 aliphatic rings. The van der Waals surface area contributed by atoms with Gasteiger partial charge in [-0.25, -0.2) is 0 Å². The highest BCUT2D eigenvalue weighted by Crippen LogP contribution is 2.35. The largest absolute Gasteiger partial charge is 0.489 e. The third-order valence-electron chi connectivity index (χ3n) is 4.36. The summed E-state index contributed by atoms with van der Waals surface area (Å²) in [7, 11) is 0. The molecule has 4 rings (SSSR count). The maximum absolute atomic E-state index is 12.6. The van der Waals surface area contributed by atoms with Crippen LogP contribution in [0.5, 0.6) is 11.5 Å². The monoisotopic (exact) mass is 342 g/mol. The van der Waals surface area contributed by atoms with Crippen molar-refractivity contribution in [3.8, 4) is 11.5 Å². The van der Waals surface area contributed by atoms with Gasteiger partial charge in [0.2, 0.25) is 5.78 Å². The van der Waals surface area contributed by atoms with Gasteiger partial charge in [-0.05, 0) is 41.8 Å². The van der Waals surface area contributed by atoms with Crippen LogP contribution in [0.2, 0.25) is 0 Å². The van der Waals surface area contributed by atoms with E-state index in [1.54, 1.807) is 24.3 Å². The number of hydrogen-bond acceptors (Lipinski definition) is 3. The van der Waals surface area contributed by atoms with Crippen molar-refractivity contribution in [2.24, 2.45) is 0 Å². The summed E-state index contributed by atoms with van der Waals surface area (Å²) in [5, 5.41) is 0. The molecule has 0 radical (unpaired) electrons. The molecule has 0 spiro atoms. The van der Waals surface area contributed by atoms with Crippen LogP contribution in [0, 0.1) is 6.92 Å². The molecule has 26 heavy (non-hydrogen) atoms. The van der Waals surface area contributed by atoms with Gasteiger partial charge in [-0.15, -0.1) is 0 Å². The van der Waals surface area contributed by atoms with Crippen molar-refractivity contribution in [2.75, 3.05) is 0 Å². The molecule has 0 bridgehead atoms. The SMILES string of the molecule is Cc1ccccc1/C=C1\Oc2cc(OCc3ccccc3)ccc2C1=O. The second-order valence-corrected chi connectivity index (χ2v) is 6.23. The smallest absolute Gasteiger partial charge is 0.231 e. The molecule has 0 atom stereocenters. The van der Waals surface area contributed by atoms with Crippen molar-refractivity contribution < 1.29 is 14.3 Å². The fourth-order valence-electron chi connectivity index (χ4n) is 2.89. The van der Waals surface area contributed by atoms with Gasteiger partial charge in [0.1, 0.15) is 18.1 Å². The second-order valence-electron chi connectivity index (χ2n) is 6.23. The van der Waals surface area contributed by atoms with Crippen LogP contribution in [-0.4, -0.2) is 5.78 Å². The van der Waals surface area contributed by atoms with Gasteiger partial charge in [0.05, 0.1) is 5.56 Å². The first kappa shape index (κ1) is 16.2. The Morgan fingerprint density at radius 2 is 1.73 bits per heavy atom. The lowest BCUT2D eigenvalue weighted by Gasteiger charge is -2.07. The lowest BCUT2D eigenvalue weighted by atomic mass is 10.1. The first-order chi connectivity index (χ1) is 12.7. The number of allylic oxidation sites excluding steroid dienone is 1. The predicted molar refractivity (Wildman–Crippen MR) is 101 cm³/mol. The summed E-state index contributed by atoms with van der Waals surface area (Å²) < 4.78 is 11.6. The van der Waals surface area contributed by atoms with Gasteiger partial charge in [-0.3, -0.25) is 4.79 Å². The van der Waals surface area contributed by atoms with Gasteiger partial charge >= 0.3 is 0 Å². The van der Waals surface area contributed by atoms with Gasteiger partial charge in [-0.2, -0.15) is 0 Å². The van der Waals surface area contributed by atoms with E-state index in [0.29, 0.717) is 29.4 Å². The predicted octanol–water partition coefficient (Wildman–Crippen LogP) is 5.19. The summed E-state index contributed by atoms with van der Waals surface area (Å²) in [6.45, 7) is 2.48. The third-order valence-corrected chi connectivity index (χ3v) is 4.36. The molecule has 3 aromatic carbocycles. The van der Waals surface area contributed by atoms with Gasteiger partial charge < -0.3 is 9.47 Å². The van der Waals surface area contributed by atoms with Crippen molar-refractivity contribution >= 4 is 11.9 Å². The highest BCUT2D eigenvalue weighted by Gasteiger charge is 2.27. The molecule has 0 saturated heterocycles. The number of benzene rings is 3. The van der Waals surface area contributed by atoms with Crippen LogP contribution in [0.3, 0.4) is 0 Å². The average Bonchev–Trinajstić information content (AvgIpc) is 2.98. The minimum Gasteiger partial charge on any atom is -0.489 e. The first-order valence-corrected chi connectivity index (χ1v) is 8.51. The number of rotatable bonds is 4. The molecule has 0 amide bonds. The third kappa shape index (κ3) is 3.24. The summed E-state index contributed by atoms with van der Waals surface area (Å²) in [6, 6.07) is 23.2. The minimum absolute atomic E-state index is 0.0992. The van der Waals surface area contributed by atoms with Gasteiger partial charge in [0.15, 0.2) is 5.76 Å². The number of carbonyl (C=O) groups excluding carboxylic acids is 1. The summed E-state index contributed by atoms with van der Waals surface area (Å²) in [4.78, 5) is 12.6. The van der Waals surface area contributed by atoms with Crippen molar-refractivity contribution in [3.63, 3.8) is 0 Å². The van der Waals surface area contributed by atoms with Crippen molar-refractivity contribution in [3.05, 3.63) is 101 Å². The van der Waals surface area contributed by atoms with E-state index in [2.05, 4.69) is 0 Å². The Morgan fingerprint density at radius 1 is 0.962 bits per heavy atom. The zero-order chi connectivity index (χ0) is 17.9. The molecular formula is C23H18O3. The second kappa shape index (κ2) is 6.89. The summed E-state index contributed by atoms with van der Waals surface area (Å²) in [6.07, 6.45) is 1.79. The average molecular weight is 342 g/mol. The van der Waals surface area contributed by atoms with E-state index in [-0.39, 0.29) is 5.78 Å². The number of hydrogen-bond donors (Lipinski definition) is 0. The van der Waals surface area contributed by atoms with Crippen LogP contribution in [-0.2, 0) is 6.61 Å². The summed E-state index contributed by atoms with van der Waals surface area (Å²) in [5.41, 5.74) is 3.73. The molecule has 3 nitrogen and oxygen atoms in total. The molecule has 0 saturated carbocycles. The van der Waals surface area contributed by atoms with Crippen LogP contribution >= 0.6 is 0 Å². The van der Waals surface area contributed by atoms with E-state index in [1.807, 2.05) is 61.5 Å². The van der Waals surface area contributed by atoms with Gasteiger partial charge in [-0.1, -0.05) is 54.6 Å². The van der Waals surface area contributed by atoms with Crippen molar-refractivity contribution in [1.29, 1.82) is 0 Å². The van der Waals surface area contributed by atoms with E-state index >= 15 is 0 Å². The van der Waals surface area contributed by atoms with E-state index in [0.717, 1.165) is 16.7 Å². The normalized spacial score (nSPS) is 14.2. The Hall–Kier alpha value is -3.33. The molecular weight excluding hydrogens is 324 g/mol. The van der Waals surface area contributed by atoms with Crippen LogP contribution in [0.15, 0.2) is 78.6 Å². The molecule has 0 N–H and O–H groups in total. The van der Waals surface area contributed by atoms with Crippen LogP contribution < -0.4 is 9.47 Å². The lowest BCUT2D eigenvalue weighted by Crippen LogP contribution is -1.98. The van der Waals surface area contributed by atoms with Crippen molar-refractivity contribution in [2.45, 2.75) is 13.5 Å². The number of aryl methyl sites for hydroxylation is 1. The number of Topliss-reactive ketones (excluding diaryl/α,β-unsaturated/α-hetero) is 1. The highest BCUT2D eigenvalue weighted by molar-refractivity contribution is 6.14. The standard InChI is InChI=1S/C23H18O3/c1-16-7-5-6-10-18(16)13-22-23(24)20-12-11-19(14-21(20)26-22)25-15-17-8-3-2-4-9-17/h2-14H,15H2,1H3/b22-13-. The molecule has 3 heteroatoms. The Bertz CT molecular complexity index is 987. The topological polar surface area (TPSA) is 35.5 Å². The molecule has 1 heterocycles. The van der Waals surface area contributed by atoms with Gasteiger partial charge in [0, 0.05) is 6.07 Å². The molecule has 0 aliphatic carbocycles. The molecule has 0 unspecified atom stereocenters. The quantitative estimate of drug-likeness (QED) is 0.612. The van der Waals surface area contributed by atoms with Crippen LogP contribution in [0.1, 0.15) is 27.0 Å². The minimum atomic E-state index is -0.0992. The molecule has 0 fully saturated rings.